The van der Waals surface area contributed by atoms with Crippen molar-refractivity contribution in [2.24, 2.45) is 4.99 Å². The number of rotatable bonds is 7. The van der Waals surface area contributed by atoms with Gasteiger partial charge in [0.1, 0.15) is 0 Å². The molecule has 0 aromatic heterocycles. The van der Waals surface area contributed by atoms with Crippen LogP contribution in [0.3, 0.4) is 0 Å². The molecule has 27 heavy (non-hydrogen) atoms. The fourth-order valence-corrected chi connectivity index (χ4v) is 3.51. The third-order valence-electron chi connectivity index (χ3n) is 3.91. The summed E-state index contributed by atoms with van der Waals surface area (Å²) >= 11 is 0. The Morgan fingerprint density at radius 2 is 1.70 bits per heavy atom. The van der Waals surface area contributed by atoms with Crippen LogP contribution in [0, 0.1) is 0 Å². The fourth-order valence-electron chi connectivity index (χ4n) is 2.53. The Morgan fingerprint density at radius 3 is 2.19 bits per heavy atom. The van der Waals surface area contributed by atoms with E-state index in [2.05, 4.69) is 15.6 Å². The van der Waals surface area contributed by atoms with E-state index in [-0.39, 0.29) is 51.4 Å². The number of guanidine groups is 1. The molecule has 13 heteroatoms. The van der Waals surface area contributed by atoms with Crippen molar-refractivity contribution < 1.29 is 34.8 Å². The predicted octanol–water partition coefficient (Wildman–Crippen LogP) is 2.59. The number of unbranched alkanes of at least 4 members (excludes halogenated alkanes) is 1. The summed E-state index contributed by atoms with van der Waals surface area (Å²) in [7, 11) is -5.33. The van der Waals surface area contributed by atoms with Gasteiger partial charge in [-0.25, -0.2) is 8.42 Å². The van der Waals surface area contributed by atoms with Crippen molar-refractivity contribution in [3.63, 3.8) is 0 Å². The smallest absolute Gasteiger partial charge is 0.357 e. The van der Waals surface area contributed by atoms with Crippen molar-refractivity contribution >= 4 is 16.0 Å². The van der Waals surface area contributed by atoms with Crippen molar-refractivity contribution in [3.05, 3.63) is 0 Å². The van der Waals surface area contributed by atoms with Crippen molar-refractivity contribution in [1.82, 2.24) is 14.9 Å². The van der Waals surface area contributed by atoms with Gasteiger partial charge in [0.25, 0.3) is 0 Å². The van der Waals surface area contributed by atoms with Gasteiger partial charge in [0.15, 0.2) is 5.96 Å². The van der Waals surface area contributed by atoms with Crippen LogP contribution in [-0.2, 0) is 10.0 Å². The quantitative estimate of drug-likeness (QED) is 0.284. The molecule has 0 saturated carbocycles. The summed E-state index contributed by atoms with van der Waals surface area (Å²) in [5.41, 5.74) is -5.32. The minimum Gasteiger partial charge on any atom is -0.357 e. The summed E-state index contributed by atoms with van der Waals surface area (Å²) < 4.78 is 97.1. The van der Waals surface area contributed by atoms with Crippen LogP contribution >= 0.6 is 0 Å². The molecule has 0 spiro atoms. The Labute approximate surface area is 154 Å². The van der Waals surface area contributed by atoms with Gasteiger partial charge >= 0.3 is 21.7 Å². The highest BCUT2D eigenvalue weighted by Gasteiger charge is 2.50. The number of hydrogen-bond acceptors (Lipinski definition) is 3. The van der Waals surface area contributed by atoms with Crippen LogP contribution in [0.5, 0.6) is 0 Å². The summed E-state index contributed by atoms with van der Waals surface area (Å²) in [5.74, 6) is 0.349. The van der Waals surface area contributed by atoms with Gasteiger partial charge in [0.05, 0.1) is 0 Å². The van der Waals surface area contributed by atoms with Crippen LogP contribution in [0.2, 0.25) is 0 Å². The number of aliphatic imine (C=N–C) groups is 1. The Kier molecular flexibility index (Phi) is 8.64. The molecule has 0 bridgehead atoms. The lowest BCUT2D eigenvalue weighted by Gasteiger charge is -2.32. The lowest BCUT2D eigenvalue weighted by Crippen LogP contribution is -2.51. The first-order valence-electron chi connectivity index (χ1n) is 8.55. The van der Waals surface area contributed by atoms with Crippen molar-refractivity contribution in [2.75, 3.05) is 26.2 Å². The van der Waals surface area contributed by atoms with Gasteiger partial charge < -0.3 is 10.6 Å². The molecule has 1 rings (SSSR count). The molecular weight excluding hydrogens is 402 g/mol. The Bertz CT molecular complexity index is 583. The molecule has 160 valence electrons. The molecule has 1 heterocycles. The highest BCUT2D eigenvalue weighted by Crippen LogP contribution is 2.29. The fraction of sp³-hybridized carbons (Fsp3) is 0.929. The SMILES string of the molecule is CCNC(=NCCCCC(F)(F)F)NC1CCN(S(=O)(=O)C(F)(F)F)CC1. The number of halogens is 6. The zero-order valence-corrected chi connectivity index (χ0v) is 15.6. The number of alkyl halides is 6. The largest absolute Gasteiger partial charge is 0.511 e. The van der Waals surface area contributed by atoms with Gasteiger partial charge in [-0.05, 0) is 32.6 Å². The average Bonchev–Trinajstić information content (AvgIpc) is 2.53. The van der Waals surface area contributed by atoms with E-state index in [9.17, 15) is 34.8 Å². The lowest BCUT2D eigenvalue weighted by atomic mass is 10.1. The highest BCUT2D eigenvalue weighted by atomic mass is 32.2. The van der Waals surface area contributed by atoms with Gasteiger partial charge in [-0.3, -0.25) is 4.99 Å². The molecule has 0 aromatic carbocycles. The van der Waals surface area contributed by atoms with Gasteiger partial charge in [0.2, 0.25) is 0 Å². The Balaban J connectivity index is 2.49. The maximum absolute atomic E-state index is 12.6. The van der Waals surface area contributed by atoms with Crippen LogP contribution < -0.4 is 10.6 Å². The van der Waals surface area contributed by atoms with Crippen LogP contribution in [0.25, 0.3) is 0 Å². The minimum absolute atomic E-state index is 0.0416. The molecule has 1 fully saturated rings. The third kappa shape index (κ3) is 8.11. The number of hydrogen-bond donors (Lipinski definition) is 2. The second-order valence-corrected chi connectivity index (χ2v) is 8.03. The lowest BCUT2D eigenvalue weighted by molar-refractivity contribution is -0.135. The maximum Gasteiger partial charge on any atom is 0.511 e. The second kappa shape index (κ2) is 9.80. The standard InChI is InChI=1S/C14H24F6N4O2S/c1-2-21-12(22-8-4-3-7-13(15,16)17)23-11-5-9-24(10-6-11)27(25,26)14(18,19)20/h11H,2-10H2,1H3,(H2,21,22,23). The van der Waals surface area contributed by atoms with Gasteiger partial charge in [-0.2, -0.15) is 30.6 Å². The van der Waals surface area contributed by atoms with Crippen LogP contribution in [0.4, 0.5) is 26.3 Å². The van der Waals surface area contributed by atoms with E-state index < -0.39 is 28.1 Å². The maximum atomic E-state index is 12.6. The van der Waals surface area contributed by atoms with E-state index in [1.807, 2.05) is 0 Å². The summed E-state index contributed by atoms with van der Waals surface area (Å²) in [4.78, 5) is 4.15. The number of nitrogens with one attached hydrogen (secondary N) is 2. The molecule has 0 atom stereocenters. The summed E-state index contributed by atoms with van der Waals surface area (Å²) in [6, 6.07) is -0.280. The Hall–Kier alpha value is -1.24. The summed E-state index contributed by atoms with van der Waals surface area (Å²) in [6.07, 6.45) is -4.55. The number of nitrogens with zero attached hydrogens (tertiary/aromatic N) is 2. The van der Waals surface area contributed by atoms with Gasteiger partial charge in [0, 0.05) is 38.6 Å². The molecular formula is C14H24F6N4O2S. The van der Waals surface area contributed by atoms with E-state index in [4.69, 9.17) is 0 Å². The van der Waals surface area contributed by atoms with E-state index in [1.165, 1.54) is 0 Å². The number of piperidine rings is 1. The molecule has 1 saturated heterocycles. The molecule has 1 aliphatic heterocycles. The van der Waals surface area contributed by atoms with Crippen LogP contribution in [0.1, 0.15) is 39.0 Å². The topological polar surface area (TPSA) is 73.8 Å². The predicted molar refractivity (Wildman–Crippen MR) is 88.6 cm³/mol. The van der Waals surface area contributed by atoms with E-state index >= 15 is 0 Å². The molecule has 0 aromatic rings. The van der Waals surface area contributed by atoms with Crippen LogP contribution in [-0.4, -0.2) is 62.6 Å². The van der Waals surface area contributed by atoms with E-state index in [1.54, 1.807) is 6.92 Å². The van der Waals surface area contributed by atoms with E-state index in [0.717, 1.165) is 0 Å². The van der Waals surface area contributed by atoms with Crippen LogP contribution in [0.15, 0.2) is 4.99 Å². The molecule has 0 amide bonds. The summed E-state index contributed by atoms with van der Waals surface area (Å²) in [5, 5.41) is 5.90. The molecule has 0 radical (unpaired) electrons. The average molecular weight is 426 g/mol. The zero-order valence-electron chi connectivity index (χ0n) is 14.8. The number of sulfonamides is 1. The van der Waals surface area contributed by atoms with Gasteiger partial charge in [-0.15, -0.1) is 0 Å². The molecule has 0 unspecified atom stereocenters. The Morgan fingerprint density at radius 1 is 1.11 bits per heavy atom. The minimum atomic E-state index is -5.33. The zero-order chi connectivity index (χ0) is 20.7. The molecule has 2 N–H and O–H groups in total. The highest BCUT2D eigenvalue weighted by molar-refractivity contribution is 7.90. The van der Waals surface area contributed by atoms with E-state index in [0.29, 0.717) is 16.8 Å². The second-order valence-electron chi connectivity index (χ2n) is 6.10. The van der Waals surface area contributed by atoms with Crippen molar-refractivity contribution in [1.29, 1.82) is 0 Å². The first-order valence-corrected chi connectivity index (χ1v) is 9.99. The third-order valence-corrected chi connectivity index (χ3v) is 5.54. The van der Waals surface area contributed by atoms with Crippen molar-refractivity contribution in [2.45, 2.75) is 56.8 Å². The molecule has 6 nitrogen and oxygen atoms in total. The molecule has 0 aliphatic carbocycles. The first-order chi connectivity index (χ1) is 12.4. The summed E-state index contributed by atoms with van der Waals surface area (Å²) in [6.45, 7) is 1.91. The first kappa shape index (κ1) is 23.8. The molecule has 1 aliphatic rings. The van der Waals surface area contributed by atoms with Crippen molar-refractivity contribution in [3.8, 4) is 0 Å². The normalized spacial score (nSPS) is 18.6. The van der Waals surface area contributed by atoms with Gasteiger partial charge in [-0.1, -0.05) is 0 Å². The monoisotopic (exact) mass is 426 g/mol.